The Morgan fingerprint density at radius 1 is 1.00 bits per heavy atom. The molecule has 6 nitrogen and oxygen atoms in total. The lowest BCUT2D eigenvalue weighted by Gasteiger charge is -2.13. The standard InChI is InChI=1S/C22H24N4O2/c1-5-28-19-8-6-18(7-9-19)25-22-23-12-17(13-24-22)21(27)26-20-15(3)10-14(2)11-16(20)4/h6-13H,5H2,1-4H3,(H,26,27)(H,23,24,25). The summed E-state index contributed by atoms with van der Waals surface area (Å²) in [5, 5.41) is 6.06. The third kappa shape index (κ3) is 4.65. The summed E-state index contributed by atoms with van der Waals surface area (Å²) in [4.78, 5) is 21.0. The number of aromatic nitrogens is 2. The van der Waals surface area contributed by atoms with Crippen molar-refractivity contribution in [3.05, 3.63) is 71.0 Å². The summed E-state index contributed by atoms with van der Waals surface area (Å²) in [5.74, 6) is 0.994. The summed E-state index contributed by atoms with van der Waals surface area (Å²) < 4.78 is 5.42. The van der Waals surface area contributed by atoms with Crippen LogP contribution in [0.25, 0.3) is 0 Å². The van der Waals surface area contributed by atoms with Crippen LogP contribution >= 0.6 is 0 Å². The topological polar surface area (TPSA) is 76.1 Å². The number of anilines is 3. The van der Waals surface area contributed by atoms with Crippen LogP contribution in [-0.2, 0) is 0 Å². The van der Waals surface area contributed by atoms with Crippen LogP contribution in [0.4, 0.5) is 17.3 Å². The highest BCUT2D eigenvalue weighted by Gasteiger charge is 2.11. The van der Waals surface area contributed by atoms with Gasteiger partial charge in [0.2, 0.25) is 5.95 Å². The van der Waals surface area contributed by atoms with Crippen molar-refractivity contribution in [1.29, 1.82) is 0 Å². The molecule has 0 radical (unpaired) electrons. The first-order valence-electron chi connectivity index (χ1n) is 9.17. The number of rotatable bonds is 6. The first-order valence-corrected chi connectivity index (χ1v) is 9.17. The van der Waals surface area contributed by atoms with Crippen molar-refractivity contribution in [2.45, 2.75) is 27.7 Å². The number of amides is 1. The van der Waals surface area contributed by atoms with Crippen molar-refractivity contribution in [2.24, 2.45) is 0 Å². The van der Waals surface area contributed by atoms with Gasteiger partial charge in [0.25, 0.3) is 5.91 Å². The fourth-order valence-corrected chi connectivity index (χ4v) is 3.00. The van der Waals surface area contributed by atoms with E-state index in [4.69, 9.17) is 4.74 Å². The lowest BCUT2D eigenvalue weighted by atomic mass is 10.0. The van der Waals surface area contributed by atoms with Crippen LogP contribution in [0.1, 0.15) is 34.0 Å². The highest BCUT2D eigenvalue weighted by Crippen LogP contribution is 2.23. The molecule has 0 aliphatic heterocycles. The summed E-state index contributed by atoms with van der Waals surface area (Å²) in [5.41, 5.74) is 5.29. The van der Waals surface area contributed by atoms with E-state index in [0.29, 0.717) is 18.1 Å². The van der Waals surface area contributed by atoms with Crippen molar-refractivity contribution in [3.8, 4) is 5.75 Å². The van der Waals surface area contributed by atoms with E-state index in [-0.39, 0.29) is 5.91 Å². The fourth-order valence-electron chi connectivity index (χ4n) is 3.00. The molecule has 0 spiro atoms. The van der Waals surface area contributed by atoms with Gasteiger partial charge < -0.3 is 15.4 Å². The Morgan fingerprint density at radius 2 is 1.61 bits per heavy atom. The van der Waals surface area contributed by atoms with Gasteiger partial charge in [0.1, 0.15) is 5.75 Å². The van der Waals surface area contributed by atoms with Crippen molar-refractivity contribution in [3.63, 3.8) is 0 Å². The second-order valence-electron chi connectivity index (χ2n) is 6.61. The molecule has 0 unspecified atom stereocenters. The zero-order valence-electron chi connectivity index (χ0n) is 16.5. The Morgan fingerprint density at radius 3 is 2.18 bits per heavy atom. The highest BCUT2D eigenvalue weighted by molar-refractivity contribution is 6.04. The van der Waals surface area contributed by atoms with Gasteiger partial charge in [-0.2, -0.15) is 0 Å². The molecule has 2 N–H and O–H groups in total. The molecule has 1 heterocycles. The van der Waals surface area contributed by atoms with Gasteiger partial charge in [-0.05, 0) is 63.1 Å². The molecule has 0 bridgehead atoms. The first-order chi connectivity index (χ1) is 13.5. The van der Waals surface area contributed by atoms with E-state index in [2.05, 4.69) is 20.6 Å². The summed E-state index contributed by atoms with van der Waals surface area (Å²) in [6.07, 6.45) is 3.02. The normalized spacial score (nSPS) is 10.4. The maximum Gasteiger partial charge on any atom is 0.258 e. The molecule has 3 aromatic rings. The number of hydrogen-bond acceptors (Lipinski definition) is 5. The second-order valence-corrected chi connectivity index (χ2v) is 6.61. The molecule has 144 valence electrons. The fraction of sp³-hybridized carbons (Fsp3) is 0.227. The second kappa shape index (κ2) is 8.52. The molecule has 0 aliphatic carbocycles. The smallest absolute Gasteiger partial charge is 0.258 e. The minimum absolute atomic E-state index is 0.234. The molecule has 1 aromatic heterocycles. The molecular formula is C22H24N4O2. The van der Waals surface area contributed by atoms with Crippen LogP contribution in [0.2, 0.25) is 0 Å². The quantitative estimate of drug-likeness (QED) is 0.646. The zero-order chi connectivity index (χ0) is 20.1. The zero-order valence-corrected chi connectivity index (χ0v) is 16.5. The number of carbonyl (C=O) groups is 1. The molecule has 0 saturated carbocycles. The monoisotopic (exact) mass is 376 g/mol. The van der Waals surface area contributed by atoms with Gasteiger partial charge >= 0.3 is 0 Å². The average Bonchev–Trinajstić information content (AvgIpc) is 2.67. The maximum atomic E-state index is 12.5. The molecule has 0 aliphatic rings. The SMILES string of the molecule is CCOc1ccc(Nc2ncc(C(=O)Nc3c(C)cc(C)cc3C)cn2)cc1. The van der Waals surface area contributed by atoms with E-state index in [1.165, 1.54) is 18.0 Å². The van der Waals surface area contributed by atoms with Gasteiger partial charge in [-0.3, -0.25) is 4.79 Å². The van der Waals surface area contributed by atoms with Crippen LogP contribution in [0.15, 0.2) is 48.8 Å². The largest absolute Gasteiger partial charge is 0.494 e. The van der Waals surface area contributed by atoms with Gasteiger partial charge in [0.05, 0.1) is 12.2 Å². The van der Waals surface area contributed by atoms with Crippen LogP contribution in [0.3, 0.4) is 0 Å². The van der Waals surface area contributed by atoms with Crippen LogP contribution in [0, 0.1) is 20.8 Å². The van der Waals surface area contributed by atoms with Gasteiger partial charge in [-0.25, -0.2) is 9.97 Å². The molecule has 6 heteroatoms. The maximum absolute atomic E-state index is 12.5. The Kier molecular flexibility index (Phi) is 5.89. The van der Waals surface area contributed by atoms with Gasteiger partial charge in [0, 0.05) is 23.8 Å². The number of benzene rings is 2. The van der Waals surface area contributed by atoms with Gasteiger partial charge in [0.15, 0.2) is 0 Å². The average molecular weight is 376 g/mol. The number of carbonyl (C=O) groups excluding carboxylic acids is 1. The van der Waals surface area contributed by atoms with Crippen molar-refractivity contribution in [2.75, 3.05) is 17.2 Å². The number of ether oxygens (including phenoxy) is 1. The third-order valence-corrected chi connectivity index (χ3v) is 4.25. The number of aryl methyl sites for hydroxylation is 3. The molecule has 0 atom stereocenters. The number of hydrogen-bond donors (Lipinski definition) is 2. The Balaban J connectivity index is 1.67. The summed E-state index contributed by atoms with van der Waals surface area (Å²) >= 11 is 0. The van der Waals surface area contributed by atoms with Crippen molar-refractivity contribution in [1.82, 2.24) is 9.97 Å². The molecule has 0 saturated heterocycles. The Hall–Kier alpha value is -3.41. The van der Waals surface area contributed by atoms with Crippen LogP contribution in [0.5, 0.6) is 5.75 Å². The molecule has 2 aromatic carbocycles. The molecular weight excluding hydrogens is 352 g/mol. The van der Waals surface area contributed by atoms with E-state index >= 15 is 0 Å². The van der Waals surface area contributed by atoms with Crippen molar-refractivity contribution >= 4 is 23.2 Å². The van der Waals surface area contributed by atoms with Gasteiger partial charge in [-0.1, -0.05) is 17.7 Å². The molecule has 28 heavy (non-hydrogen) atoms. The minimum Gasteiger partial charge on any atom is -0.494 e. The van der Waals surface area contributed by atoms with E-state index < -0.39 is 0 Å². The molecule has 3 rings (SSSR count). The lowest BCUT2D eigenvalue weighted by Crippen LogP contribution is -2.15. The first kappa shape index (κ1) is 19.4. The minimum atomic E-state index is -0.234. The van der Waals surface area contributed by atoms with Crippen LogP contribution in [-0.4, -0.2) is 22.5 Å². The third-order valence-electron chi connectivity index (χ3n) is 4.25. The number of nitrogens with zero attached hydrogens (tertiary/aromatic N) is 2. The molecule has 1 amide bonds. The van der Waals surface area contributed by atoms with E-state index in [1.54, 1.807) is 0 Å². The summed E-state index contributed by atoms with van der Waals surface area (Å²) in [6.45, 7) is 8.57. The highest BCUT2D eigenvalue weighted by atomic mass is 16.5. The Bertz CT molecular complexity index is 944. The predicted octanol–water partition coefficient (Wildman–Crippen LogP) is 4.80. The molecule has 0 fully saturated rings. The number of nitrogens with one attached hydrogen (secondary N) is 2. The van der Waals surface area contributed by atoms with Crippen molar-refractivity contribution < 1.29 is 9.53 Å². The van der Waals surface area contributed by atoms with Crippen LogP contribution < -0.4 is 15.4 Å². The van der Waals surface area contributed by atoms with E-state index in [1.807, 2.05) is 64.1 Å². The van der Waals surface area contributed by atoms with Gasteiger partial charge in [-0.15, -0.1) is 0 Å². The predicted molar refractivity (Wildman–Crippen MR) is 112 cm³/mol. The summed E-state index contributed by atoms with van der Waals surface area (Å²) in [6, 6.07) is 11.6. The summed E-state index contributed by atoms with van der Waals surface area (Å²) in [7, 11) is 0. The van der Waals surface area contributed by atoms with E-state index in [9.17, 15) is 4.79 Å². The van der Waals surface area contributed by atoms with E-state index in [0.717, 1.165) is 28.3 Å². The Labute approximate surface area is 165 Å². The lowest BCUT2D eigenvalue weighted by molar-refractivity contribution is 0.102.